The van der Waals surface area contributed by atoms with E-state index >= 15 is 0 Å². The minimum atomic E-state index is -4.68. The molecule has 8 nitrogen and oxygen atoms in total. The van der Waals surface area contributed by atoms with E-state index < -0.39 is 44.2 Å². The molecule has 1 aromatic rings. The van der Waals surface area contributed by atoms with Crippen molar-refractivity contribution < 1.29 is 30.0 Å². The third-order valence-electron chi connectivity index (χ3n) is 2.78. The molecule has 0 fully saturated rings. The molecule has 1 N–H and O–H groups in total. The van der Waals surface area contributed by atoms with Gasteiger partial charge in [0.1, 0.15) is 0 Å². The number of benzene rings is 1. The first kappa shape index (κ1) is 20.3. The minimum Gasteiger partial charge on any atom is -0.322 e. The topological polar surface area (TPSA) is 132 Å². The zero-order valence-corrected chi connectivity index (χ0v) is 15.6. The first-order valence-electron chi connectivity index (χ1n) is 6.36. The second-order valence-corrected chi connectivity index (χ2v) is 12.4. The summed E-state index contributed by atoms with van der Waals surface area (Å²) in [6, 6.07) is 4.48. The molecular weight excluding hydrogens is 378 g/mol. The molecule has 0 aliphatic heterocycles. The highest BCUT2D eigenvalue weighted by Gasteiger charge is 2.44. The van der Waals surface area contributed by atoms with Crippen molar-refractivity contribution in [1.29, 1.82) is 0 Å². The van der Waals surface area contributed by atoms with Gasteiger partial charge in [0.15, 0.2) is 19.7 Å². The van der Waals surface area contributed by atoms with E-state index in [9.17, 15) is 30.0 Å². The van der Waals surface area contributed by atoms with Crippen molar-refractivity contribution in [3.05, 3.63) is 36.4 Å². The lowest BCUT2D eigenvalue weighted by molar-refractivity contribution is -0.112. The summed E-state index contributed by atoms with van der Waals surface area (Å²) in [6.45, 7) is 4.93. The predicted octanol–water partition coefficient (Wildman–Crippen LogP) is 0.348. The summed E-state index contributed by atoms with van der Waals surface area (Å²) in [5.41, 5.74) is 0.484. The van der Waals surface area contributed by atoms with Crippen molar-refractivity contribution in [2.24, 2.45) is 0 Å². The molecule has 0 atom stereocenters. The fourth-order valence-electron chi connectivity index (χ4n) is 1.85. The molecule has 0 aromatic heterocycles. The third-order valence-corrected chi connectivity index (χ3v) is 11.3. The van der Waals surface area contributed by atoms with Gasteiger partial charge in [0, 0.05) is 23.8 Å². The lowest BCUT2D eigenvalue weighted by Crippen LogP contribution is -2.36. The van der Waals surface area contributed by atoms with Crippen LogP contribution in [0.15, 0.2) is 41.3 Å². The molecule has 0 saturated heterocycles. The molecule has 0 unspecified atom stereocenters. The number of anilines is 1. The Labute approximate surface area is 141 Å². The summed E-state index contributed by atoms with van der Waals surface area (Å²) in [5.74, 6) is -0.476. The van der Waals surface area contributed by atoms with Crippen LogP contribution in [0.25, 0.3) is 0 Å². The predicted molar refractivity (Wildman–Crippen MR) is 90.5 cm³/mol. The number of rotatable bonds is 6. The first-order chi connectivity index (χ1) is 10.7. The molecule has 0 heterocycles. The van der Waals surface area contributed by atoms with E-state index in [2.05, 4.69) is 11.9 Å². The molecular formula is C13H17NO7S3. The largest absolute Gasteiger partial charge is 0.322 e. The molecule has 0 radical (unpaired) electrons. The average Bonchev–Trinajstić information content (AvgIpc) is 2.34. The maximum atomic E-state index is 12.4. The second-order valence-electron chi connectivity index (χ2n) is 5.25. The summed E-state index contributed by atoms with van der Waals surface area (Å²) < 4.78 is 68.9. The summed E-state index contributed by atoms with van der Waals surface area (Å²) in [7, 11) is -13.5. The van der Waals surface area contributed by atoms with E-state index in [0.29, 0.717) is 12.5 Å². The monoisotopic (exact) mass is 395 g/mol. The lowest BCUT2D eigenvalue weighted by atomic mass is 10.3. The van der Waals surface area contributed by atoms with Crippen LogP contribution in [-0.4, -0.2) is 47.6 Å². The van der Waals surface area contributed by atoms with Crippen LogP contribution in [0.5, 0.6) is 0 Å². The number of carbonyl (C=O) groups is 1. The molecule has 0 saturated carbocycles. The molecule has 11 heteroatoms. The number of hydrogen-bond donors (Lipinski definition) is 1. The van der Waals surface area contributed by atoms with Gasteiger partial charge in [0.2, 0.25) is 9.84 Å². The minimum absolute atomic E-state index is 0.237. The van der Waals surface area contributed by atoms with Crippen LogP contribution < -0.4 is 5.32 Å². The zero-order chi connectivity index (χ0) is 18.9. The van der Waals surface area contributed by atoms with Gasteiger partial charge in [-0.3, -0.25) is 4.79 Å². The quantitative estimate of drug-likeness (QED) is 0.687. The van der Waals surface area contributed by atoms with Gasteiger partial charge in [-0.05, 0) is 31.2 Å². The van der Waals surface area contributed by atoms with Gasteiger partial charge in [-0.1, -0.05) is 6.58 Å². The van der Waals surface area contributed by atoms with Crippen molar-refractivity contribution in [3.8, 4) is 0 Å². The molecule has 24 heavy (non-hydrogen) atoms. The maximum absolute atomic E-state index is 12.4. The highest BCUT2D eigenvalue weighted by atomic mass is 32.3. The Bertz CT molecular complexity index is 941. The Balaban J connectivity index is 3.34. The third kappa shape index (κ3) is 4.65. The number of hydrogen-bond acceptors (Lipinski definition) is 7. The van der Waals surface area contributed by atoms with Crippen LogP contribution in [0.2, 0.25) is 0 Å². The van der Waals surface area contributed by atoms with E-state index in [4.69, 9.17) is 0 Å². The summed E-state index contributed by atoms with van der Waals surface area (Å²) in [6.07, 6.45) is 1.08. The standard InChI is InChI=1S/C13H17NO7S3/c1-9(2)12(15)14-10-5-7-11(8-6-10)24(20,21)13(22(3,16)17)23(4,18)19/h5-8,13H,1H2,2-4H3,(H,14,15). The number of carbonyl (C=O) groups excluding carboxylic acids is 1. The molecule has 1 rings (SSSR count). The summed E-state index contributed by atoms with van der Waals surface area (Å²) >= 11 is 0. The Morgan fingerprint density at radius 3 is 1.71 bits per heavy atom. The van der Waals surface area contributed by atoms with Crippen molar-refractivity contribution in [3.63, 3.8) is 0 Å². The van der Waals surface area contributed by atoms with E-state index in [0.717, 1.165) is 12.1 Å². The molecule has 0 spiro atoms. The fourth-order valence-corrected chi connectivity index (χ4v) is 9.48. The summed E-state index contributed by atoms with van der Waals surface area (Å²) in [4.78, 5) is 11.0. The van der Waals surface area contributed by atoms with E-state index in [-0.39, 0.29) is 11.3 Å². The SMILES string of the molecule is C=C(C)C(=O)Nc1ccc(S(=O)(=O)C(S(C)(=O)=O)S(C)(=O)=O)cc1. The van der Waals surface area contributed by atoms with Crippen LogP contribution in [0.4, 0.5) is 5.69 Å². The lowest BCUT2D eigenvalue weighted by Gasteiger charge is -2.14. The average molecular weight is 395 g/mol. The molecule has 0 bridgehead atoms. The molecule has 134 valence electrons. The van der Waals surface area contributed by atoms with E-state index in [1.165, 1.54) is 19.1 Å². The van der Waals surface area contributed by atoms with Gasteiger partial charge in [-0.2, -0.15) is 0 Å². The highest BCUT2D eigenvalue weighted by molar-refractivity contribution is 8.23. The highest BCUT2D eigenvalue weighted by Crippen LogP contribution is 2.25. The Morgan fingerprint density at radius 1 is 0.958 bits per heavy atom. The summed E-state index contributed by atoms with van der Waals surface area (Å²) in [5, 5.41) is 2.44. The Kier molecular flexibility index (Phi) is 5.63. The first-order valence-corrected chi connectivity index (χ1v) is 11.8. The van der Waals surface area contributed by atoms with Crippen LogP contribution in [0.3, 0.4) is 0 Å². The van der Waals surface area contributed by atoms with E-state index in [1.54, 1.807) is 0 Å². The zero-order valence-electron chi connectivity index (χ0n) is 13.2. The van der Waals surface area contributed by atoms with Gasteiger partial charge < -0.3 is 5.32 Å². The normalized spacial score (nSPS) is 12.8. The smallest absolute Gasteiger partial charge is 0.266 e. The fraction of sp³-hybridized carbons (Fsp3) is 0.308. The van der Waals surface area contributed by atoms with Gasteiger partial charge in [0.05, 0.1) is 4.90 Å². The van der Waals surface area contributed by atoms with Gasteiger partial charge >= 0.3 is 0 Å². The van der Waals surface area contributed by atoms with Crippen LogP contribution in [-0.2, 0) is 34.3 Å². The van der Waals surface area contributed by atoms with Gasteiger partial charge in [0.25, 0.3) is 9.82 Å². The van der Waals surface area contributed by atoms with Crippen molar-refractivity contribution >= 4 is 41.1 Å². The van der Waals surface area contributed by atoms with Crippen LogP contribution in [0, 0.1) is 0 Å². The van der Waals surface area contributed by atoms with Crippen LogP contribution >= 0.6 is 0 Å². The van der Waals surface area contributed by atoms with E-state index in [1.807, 2.05) is 0 Å². The number of nitrogens with one attached hydrogen (secondary N) is 1. The van der Waals surface area contributed by atoms with Crippen molar-refractivity contribution in [2.45, 2.75) is 15.7 Å². The molecule has 0 aliphatic rings. The maximum Gasteiger partial charge on any atom is 0.266 e. The Hall–Kier alpha value is -1.72. The Morgan fingerprint density at radius 2 is 1.38 bits per heavy atom. The molecule has 1 aromatic carbocycles. The number of amides is 1. The number of sulfone groups is 3. The van der Waals surface area contributed by atoms with Gasteiger partial charge in [-0.15, -0.1) is 0 Å². The van der Waals surface area contributed by atoms with Crippen molar-refractivity contribution in [1.82, 2.24) is 0 Å². The van der Waals surface area contributed by atoms with Crippen molar-refractivity contribution in [2.75, 3.05) is 17.8 Å². The van der Waals surface area contributed by atoms with Gasteiger partial charge in [-0.25, -0.2) is 25.3 Å². The molecule has 1 amide bonds. The second kappa shape index (κ2) is 6.65. The van der Waals surface area contributed by atoms with Crippen LogP contribution in [0.1, 0.15) is 6.92 Å². The molecule has 0 aliphatic carbocycles.